The van der Waals surface area contributed by atoms with Crippen LogP contribution in [0.15, 0.2) is 12.1 Å². The van der Waals surface area contributed by atoms with Gasteiger partial charge in [0.25, 0.3) is 0 Å². The minimum Gasteiger partial charge on any atom is -0.497 e. The molecule has 0 amide bonds. The van der Waals surface area contributed by atoms with Crippen LogP contribution < -0.4 is 4.74 Å². The molecule has 2 heteroatoms. The summed E-state index contributed by atoms with van der Waals surface area (Å²) in [5.74, 6) is 0.890. The van der Waals surface area contributed by atoms with Gasteiger partial charge in [-0.3, -0.25) is 0 Å². The molecule has 1 aromatic carbocycles. The number of nitriles is 1. The van der Waals surface area contributed by atoms with E-state index in [0.29, 0.717) is 6.42 Å². The number of rotatable bonds is 3. The van der Waals surface area contributed by atoms with Crippen LogP contribution in [0, 0.1) is 25.2 Å². The Morgan fingerprint density at radius 3 is 2.29 bits per heavy atom. The van der Waals surface area contributed by atoms with Gasteiger partial charge < -0.3 is 4.74 Å². The fourth-order valence-electron chi connectivity index (χ4n) is 1.65. The molecule has 2 nitrogen and oxygen atoms in total. The molecule has 0 aliphatic carbocycles. The molecule has 0 aliphatic heterocycles. The Labute approximate surface area is 85.1 Å². The van der Waals surface area contributed by atoms with Gasteiger partial charge in [-0.25, -0.2) is 0 Å². The van der Waals surface area contributed by atoms with Crippen molar-refractivity contribution < 1.29 is 4.74 Å². The van der Waals surface area contributed by atoms with Gasteiger partial charge in [0.05, 0.1) is 13.2 Å². The maximum Gasteiger partial charge on any atom is 0.119 e. The van der Waals surface area contributed by atoms with Gasteiger partial charge >= 0.3 is 0 Å². The van der Waals surface area contributed by atoms with Gasteiger partial charge in [-0.2, -0.15) is 5.26 Å². The predicted molar refractivity (Wildman–Crippen MR) is 56.4 cm³/mol. The second-order valence-electron chi connectivity index (χ2n) is 3.40. The van der Waals surface area contributed by atoms with Gasteiger partial charge in [0, 0.05) is 6.42 Å². The highest BCUT2D eigenvalue weighted by Crippen LogP contribution is 2.22. The van der Waals surface area contributed by atoms with Crippen molar-refractivity contribution in [2.24, 2.45) is 0 Å². The van der Waals surface area contributed by atoms with E-state index in [9.17, 15) is 0 Å². The molecule has 0 radical (unpaired) electrons. The summed E-state index contributed by atoms with van der Waals surface area (Å²) in [6.07, 6.45) is 1.41. The molecule has 0 aromatic heterocycles. The lowest BCUT2D eigenvalue weighted by atomic mass is 9.98. The molecule has 1 rings (SSSR count). The van der Waals surface area contributed by atoms with Gasteiger partial charge in [0.15, 0.2) is 0 Å². The van der Waals surface area contributed by atoms with E-state index in [4.69, 9.17) is 10.00 Å². The zero-order valence-electron chi connectivity index (χ0n) is 8.92. The van der Waals surface area contributed by atoms with E-state index in [-0.39, 0.29) is 0 Å². The number of methoxy groups -OCH3 is 1. The van der Waals surface area contributed by atoms with Gasteiger partial charge in [0.2, 0.25) is 0 Å². The second kappa shape index (κ2) is 4.66. The number of nitrogens with zero attached hydrogens (tertiary/aromatic N) is 1. The zero-order chi connectivity index (χ0) is 10.6. The first-order valence-electron chi connectivity index (χ1n) is 4.70. The summed E-state index contributed by atoms with van der Waals surface area (Å²) in [7, 11) is 1.67. The smallest absolute Gasteiger partial charge is 0.119 e. The molecule has 0 fully saturated rings. The lowest BCUT2D eigenvalue weighted by Gasteiger charge is -2.10. The second-order valence-corrected chi connectivity index (χ2v) is 3.40. The van der Waals surface area contributed by atoms with E-state index < -0.39 is 0 Å². The van der Waals surface area contributed by atoms with Crippen molar-refractivity contribution in [3.8, 4) is 11.8 Å². The molecule has 0 N–H and O–H groups in total. The molecule has 0 unspecified atom stereocenters. The molecular formula is C12H15NO. The normalized spacial score (nSPS) is 9.57. The molecular weight excluding hydrogens is 174 g/mol. The van der Waals surface area contributed by atoms with Crippen LogP contribution in [-0.2, 0) is 6.42 Å². The van der Waals surface area contributed by atoms with Crippen LogP contribution in [0.1, 0.15) is 23.1 Å². The first-order chi connectivity index (χ1) is 6.69. The van der Waals surface area contributed by atoms with Crippen LogP contribution in [0.25, 0.3) is 0 Å². The van der Waals surface area contributed by atoms with Gasteiger partial charge in [-0.05, 0) is 49.1 Å². The number of aryl methyl sites for hydroxylation is 2. The first-order valence-corrected chi connectivity index (χ1v) is 4.70. The van der Waals surface area contributed by atoms with Crippen molar-refractivity contribution >= 4 is 0 Å². The average Bonchev–Trinajstić information content (AvgIpc) is 2.16. The predicted octanol–water partition coefficient (Wildman–Crippen LogP) is 2.77. The molecule has 14 heavy (non-hydrogen) atoms. The Morgan fingerprint density at radius 2 is 1.86 bits per heavy atom. The third kappa shape index (κ3) is 2.26. The lowest BCUT2D eigenvalue weighted by Crippen LogP contribution is -1.95. The number of benzene rings is 1. The number of hydrogen-bond acceptors (Lipinski definition) is 2. The minimum absolute atomic E-state index is 0.577. The molecule has 74 valence electrons. The van der Waals surface area contributed by atoms with Crippen LogP contribution in [0.5, 0.6) is 5.75 Å². The monoisotopic (exact) mass is 189 g/mol. The summed E-state index contributed by atoms with van der Waals surface area (Å²) >= 11 is 0. The molecule has 0 aliphatic rings. The number of hydrogen-bond donors (Lipinski definition) is 0. The van der Waals surface area contributed by atoms with Gasteiger partial charge in [0.1, 0.15) is 5.75 Å². The van der Waals surface area contributed by atoms with Crippen molar-refractivity contribution in [3.63, 3.8) is 0 Å². The Bertz CT molecular complexity index is 340. The van der Waals surface area contributed by atoms with Crippen LogP contribution in [-0.4, -0.2) is 7.11 Å². The topological polar surface area (TPSA) is 33.0 Å². The Kier molecular flexibility index (Phi) is 3.53. The van der Waals surface area contributed by atoms with E-state index in [0.717, 1.165) is 12.2 Å². The van der Waals surface area contributed by atoms with E-state index in [1.807, 2.05) is 12.1 Å². The third-order valence-electron chi connectivity index (χ3n) is 2.39. The molecule has 0 saturated heterocycles. The quantitative estimate of drug-likeness (QED) is 0.732. The third-order valence-corrected chi connectivity index (χ3v) is 2.39. The van der Waals surface area contributed by atoms with Gasteiger partial charge in [-0.1, -0.05) is 0 Å². The largest absolute Gasteiger partial charge is 0.497 e. The molecule has 0 saturated carbocycles. The maximum atomic E-state index is 8.54. The van der Waals surface area contributed by atoms with Crippen molar-refractivity contribution in [3.05, 3.63) is 28.8 Å². The van der Waals surface area contributed by atoms with Crippen molar-refractivity contribution in [2.45, 2.75) is 26.7 Å². The maximum absolute atomic E-state index is 8.54. The summed E-state index contributed by atoms with van der Waals surface area (Å²) in [5, 5.41) is 8.54. The molecule has 0 heterocycles. The van der Waals surface area contributed by atoms with Crippen LogP contribution in [0.3, 0.4) is 0 Å². The van der Waals surface area contributed by atoms with Crippen LogP contribution >= 0.6 is 0 Å². The van der Waals surface area contributed by atoms with E-state index in [1.54, 1.807) is 7.11 Å². The standard InChI is InChI=1S/C12H15NO/c1-9-7-11(14-3)8-10(2)12(9)5-4-6-13/h7-8H,4-5H2,1-3H3. The summed E-state index contributed by atoms with van der Waals surface area (Å²) in [5.41, 5.74) is 3.68. The van der Waals surface area contributed by atoms with Crippen molar-refractivity contribution in [1.29, 1.82) is 5.26 Å². The minimum atomic E-state index is 0.577. The fraction of sp³-hybridized carbons (Fsp3) is 0.417. The first kappa shape index (κ1) is 10.6. The van der Waals surface area contributed by atoms with Crippen molar-refractivity contribution in [2.75, 3.05) is 7.11 Å². The highest BCUT2D eigenvalue weighted by molar-refractivity contribution is 5.41. The van der Waals surface area contributed by atoms with Crippen molar-refractivity contribution in [1.82, 2.24) is 0 Å². The van der Waals surface area contributed by atoms with Crippen LogP contribution in [0.4, 0.5) is 0 Å². The Morgan fingerprint density at radius 1 is 1.29 bits per heavy atom. The Balaban J connectivity index is 3.00. The summed E-state index contributed by atoms with van der Waals surface area (Å²) in [6.45, 7) is 4.12. The Hall–Kier alpha value is -1.49. The summed E-state index contributed by atoms with van der Waals surface area (Å²) in [6, 6.07) is 6.20. The summed E-state index contributed by atoms with van der Waals surface area (Å²) in [4.78, 5) is 0. The average molecular weight is 189 g/mol. The molecule has 0 spiro atoms. The zero-order valence-corrected chi connectivity index (χ0v) is 8.92. The van der Waals surface area contributed by atoms with E-state index in [2.05, 4.69) is 19.9 Å². The van der Waals surface area contributed by atoms with E-state index >= 15 is 0 Å². The number of ether oxygens (including phenoxy) is 1. The lowest BCUT2D eigenvalue weighted by molar-refractivity contribution is 0.414. The SMILES string of the molecule is COc1cc(C)c(CCC#N)c(C)c1. The fourth-order valence-corrected chi connectivity index (χ4v) is 1.65. The van der Waals surface area contributed by atoms with Crippen LogP contribution in [0.2, 0.25) is 0 Å². The van der Waals surface area contributed by atoms with Gasteiger partial charge in [-0.15, -0.1) is 0 Å². The van der Waals surface area contributed by atoms with E-state index in [1.165, 1.54) is 16.7 Å². The molecule has 0 bridgehead atoms. The summed E-state index contributed by atoms with van der Waals surface area (Å²) < 4.78 is 5.17. The highest BCUT2D eigenvalue weighted by Gasteiger charge is 2.04. The highest BCUT2D eigenvalue weighted by atomic mass is 16.5. The molecule has 0 atom stereocenters. The molecule has 1 aromatic rings.